The number of rotatable bonds is 4. The van der Waals surface area contributed by atoms with Gasteiger partial charge in [0.25, 0.3) is 0 Å². The van der Waals surface area contributed by atoms with Crippen LogP contribution in [0.25, 0.3) is 0 Å². The Hall–Kier alpha value is -0.960. The fourth-order valence-corrected chi connectivity index (χ4v) is 3.64. The van der Waals surface area contributed by atoms with Gasteiger partial charge in [0.1, 0.15) is 11.6 Å². The van der Waals surface area contributed by atoms with Crippen LogP contribution in [0.1, 0.15) is 57.6 Å². The van der Waals surface area contributed by atoms with Crippen molar-refractivity contribution in [3.8, 4) is 0 Å². The van der Waals surface area contributed by atoms with Gasteiger partial charge in [0.2, 0.25) is 0 Å². The van der Waals surface area contributed by atoms with Crippen LogP contribution < -0.4 is 5.73 Å². The quantitative estimate of drug-likeness (QED) is 0.849. The minimum absolute atomic E-state index is 0.00833. The Labute approximate surface area is 114 Å². The van der Waals surface area contributed by atoms with Crippen LogP contribution in [-0.2, 0) is 0 Å². The molecule has 0 aromatic heterocycles. The van der Waals surface area contributed by atoms with Crippen LogP contribution in [0.15, 0.2) is 18.2 Å². The van der Waals surface area contributed by atoms with E-state index in [1.807, 2.05) is 0 Å². The van der Waals surface area contributed by atoms with Crippen molar-refractivity contribution in [2.24, 2.45) is 17.1 Å². The maximum atomic E-state index is 13.4. The lowest BCUT2D eigenvalue weighted by Crippen LogP contribution is -2.33. The van der Waals surface area contributed by atoms with E-state index < -0.39 is 11.6 Å². The largest absolute Gasteiger partial charge is 0.323 e. The number of hydrogen-bond donors (Lipinski definition) is 1. The number of nitrogens with two attached hydrogens (primary N) is 1. The first-order valence-corrected chi connectivity index (χ1v) is 7.14. The molecule has 2 rings (SSSR count). The lowest BCUT2D eigenvalue weighted by atomic mass is 9.71. The molecule has 0 radical (unpaired) electrons. The molecule has 3 heteroatoms. The summed E-state index contributed by atoms with van der Waals surface area (Å²) in [6, 6.07) is 3.39. The summed E-state index contributed by atoms with van der Waals surface area (Å²) in [6.07, 6.45) is 5.47. The van der Waals surface area contributed by atoms with Crippen molar-refractivity contribution in [2.75, 3.05) is 0 Å². The van der Waals surface area contributed by atoms with Crippen molar-refractivity contribution in [1.29, 1.82) is 0 Å². The molecule has 1 aliphatic rings. The highest BCUT2D eigenvalue weighted by atomic mass is 19.1. The average Bonchev–Trinajstić information content (AvgIpc) is 2.75. The highest BCUT2D eigenvalue weighted by molar-refractivity contribution is 5.24. The van der Waals surface area contributed by atoms with Crippen LogP contribution in [-0.4, -0.2) is 0 Å². The molecule has 106 valence electrons. The third-order valence-electron chi connectivity index (χ3n) is 4.32. The molecule has 0 aliphatic heterocycles. The van der Waals surface area contributed by atoms with Crippen molar-refractivity contribution in [3.63, 3.8) is 0 Å². The molecule has 1 unspecified atom stereocenters. The van der Waals surface area contributed by atoms with Gasteiger partial charge in [-0.1, -0.05) is 26.7 Å². The predicted octanol–water partition coefficient (Wildman–Crippen LogP) is 4.57. The minimum Gasteiger partial charge on any atom is -0.323 e. The van der Waals surface area contributed by atoms with Crippen LogP contribution in [0.3, 0.4) is 0 Å². The smallest absolute Gasteiger partial charge is 0.126 e. The molecule has 0 spiro atoms. The first kappa shape index (κ1) is 14.4. The summed E-state index contributed by atoms with van der Waals surface area (Å²) in [7, 11) is 0. The lowest BCUT2D eigenvalue weighted by molar-refractivity contribution is 0.183. The molecule has 0 heterocycles. The standard InChI is InChI=1S/C16H23F2N/c1-11(2)10-16(5-3-4-6-16)15(19)12-7-13(17)9-14(18)8-12/h7-9,11,15H,3-6,10,19H2,1-2H3. The first-order valence-electron chi connectivity index (χ1n) is 7.14. The maximum absolute atomic E-state index is 13.4. The third kappa shape index (κ3) is 3.14. The Morgan fingerprint density at radius 2 is 1.63 bits per heavy atom. The molecule has 1 saturated carbocycles. The van der Waals surface area contributed by atoms with E-state index in [-0.39, 0.29) is 11.5 Å². The second-order valence-corrected chi connectivity index (χ2v) is 6.35. The Balaban J connectivity index is 2.31. The van der Waals surface area contributed by atoms with Gasteiger partial charge < -0.3 is 5.73 Å². The summed E-state index contributed by atoms with van der Waals surface area (Å²) in [5.41, 5.74) is 6.99. The molecule has 0 amide bonds. The highest BCUT2D eigenvalue weighted by Gasteiger charge is 2.40. The molecule has 1 nitrogen and oxygen atoms in total. The lowest BCUT2D eigenvalue weighted by Gasteiger charge is -2.37. The van der Waals surface area contributed by atoms with Gasteiger partial charge in [-0.3, -0.25) is 0 Å². The summed E-state index contributed by atoms with van der Waals surface area (Å²) in [5.74, 6) is -0.533. The molecule has 1 aromatic carbocycles. The molecule has 1 fully saturated rings. The van der Waals surface area contributed by atoms with Crippen molar-refractivity contribution in [3.05, 3.63) is 35.4 Å². The van der Waals surface area contributed by atoms with Gasteiger partial charge in [-0.25, -0.2) is 8.78 Å². The fraction of sp³-hybridized carbons (Fsp3) is 0.625. The molecular formula is C16H23F2N. The number of halogens is 2. The third-order valence-corrected chi connectivity index (χ3v) is 4.32. The van der Waals surface area contributed by atoms with Gasteiger partial charge in [0.15, 0.2) is 0 Å². The number of hydrogen-bond acceptors (Lipinski definition) is 1. The molecule has 2 N–H and O–H groups in total. The summed E-state index contributed by atoms with van der Waals surface area (Å²) < 4.78 is 26.7. The van der Waals surface area contributed by atoms with Crippen molar-refractivity contribution in [1.82, 2.24) is 0 Å². The summed E-state index contributed by atoms with van der Waals surface area (Å²) in [6.45, 7) is 4.36. The maximum Gasteiger partial charge on any atom is 0.126 e. The Bertz CT molecular complexity index is 416. The SMILES string of the molecule is CC(C)CC1(C(N)c2cc(F)cc(F)c2)CCCC1. The van der Waals surface area contributed by atoms with Crippen molar-refractivity contribution >= 4 is 0 Å². The van der Waals surface area contributed by atoms with E-state index in [1.54, 1.807) is 0 Å². The molecule has 0 bridgehead atoms. The van der Waals surface area contributed by atoms with Gasteiger partial charge in [0.05, 0.1) is 0 Å². The van der Waals surface area contributed by atoms with E-state index in [2.05, 4.69) is 13.8 Å². The van der Waals surface area contributed by atoms with Crippen LogP contribution >= 0.6 is 0 Å². The van der Waals surface area contributed by atoms with Crippen LogP contribution in [0, 0.1) is 23.0 Å². The van der Waals surface area contributed by atoms with E-state index in [1.165, 1.54) is 12.1 Å². The van der Waals surface area contributed by atoms with Gasteiger partial charge in [-0.05, 0) is 48.3 Å². The van der Waals surface area contributed by atoms with Crippen LogP contribution in [0.4, 0.5) is 8.78 Å². The topological polar surface area (TPSA) is 26.0 Å². The zero-order valence-corrected chi connectivity index (χ0v) is 11.8. The zero-order chi connectivity index (χ0) is 14.0. The van der Waals surface area contributed by atoms with Gasteiger partial charge >= 0.3 is 0 Å². The second kappa shape index (κ2) is 5.58. The van der Waals surface area contributed by atoms with Crippen molar-refractivity contribution in [2.45, 2.75) is 52.0 Å². The zero-order valence-electron chi connectivity index (χ0n) is 11.8. The molecule has 1 aromatic rings. The monoisotopic (exact) mass is 267 g/mol. The average molecular weight is 267 g/mol. The van der Waals surface area contributed by atoms with E-state index in [9.17, 15) is 8.78 Å². The minimum atomic E-state index is -0.539. The van der Waals surface area contributed by atoms with E-state index >= 15 is 0 Å². The summed E-state index contributed by atoms with van der Waals surface area (Å²) in [5, 5.41) is 0. The fourth-order valence-electron chi connectivity index (χ4n) is 3.64. The normalized spacial score (nSPS) is 19.9. The van der Waals surface area contributed by atoms with E-state index in [4.69, 9.17) is 5.73 Å². The molecular weight excluding hydrogens is 244 g/mol. The van der Waals surface area contributed by atoms with E-state index in [0.717, 1.165) is 38.2 Å². The molecule has 19 heavy (non-hydrogen) atoms. The van der Waals surface area contributed by atoms with Crippen LogP contribution in [0.5, 0.6) is 0 Å². The van der Waals surface area contributed by atoms with Gasteiger partial charge in [-0.2, -0.15) is 0 Å². The molecule has 1 aliphatic carbocycles. The van der Waals surface area contributed by atoms with Gasteiger partial charge in [0, 0.05) is 12.1 Å². The first-order chi connectivity index (χ1) is 8.93. The summed E-state index contributed by atoms with van der Waals surface area (Å²) in [4.78, 5) is 0. The van der Waals surface area contributed by atoms with E-state index in [0.29, 0.717) is 11.5 Å². The van der Waals surface area contributed by atoms with Crippen molar-refractivity contribution < 1.29 is 8.78 Å². The molecule has 0 saturated heterocycles. The second-order valence-electron chi connectivity index (χ2n) is 6.35. The summed E-state index contributed by atoms with van der Waals surface area (Å²) >= 11 is 0. The Kier molecular flexibility index (Phi) is 4.24. The van der Waals surface area contributed by atoms with Gasteiger partial charge in [-0.15, -0.1) is 0 Å². The van der Waals surface area contributed by atoms with Crippen LogP contribution in [0.2, 0.25) is 0 Å². The predicted molar refractivity (Wildman–Crippen MR) is 73.6 cm³/mol. The Morgan fingerprint density at radius 3 is 2.11 bits per heavy atom. The Morgan fingerprint density at radius 1 is 1.11 bits per heavy atom. The highest BCUT2D eigenvalue weighted by Crippen LogP contribution is 2.50. The number of benzene rings is 1. The molecule has 1 atom stereocenters.